The summed E-state index contributed by atoms with van der Waals surface area (Å²) in [6.45, 7) is 2.89. The number of nitrogens with one attached hydrogen (secondary N) is 1. The topological polar surface area (TPSA) is 179 Å². The number of ether oxygens (including phenoxy) is 1. The second kappa shape index (κ2) is 9.18. The molecule has 0 unspecified atom stereocenters. The molecule has 164 valence electrons. The van der Waals surface area contributed by atoms with Gasteiger partial charge in [-0.3, -0.25) is 19.7 Å². The summed E-state index contributed by atoms with van der Waals surface area (Å²) in [5.74, 6) is -0.740. The number of esters is 1. The summed E-state index contributed by atoms with van der Waals surface area (Å²) < 4.78 is 5.06. The Balaban J connectivity index is 2.02. The minimum Gasteiger partial charge on any atom is -0.466 e. The van der Waals surface area contributed by atoms with Gasteiger partial charge in [0, 0.05) is 24.7 Å². The van der Waals surface area contributed by atoms with Crippen LogP contribution in [0.15, 0.2) is 23.0 Å². The number of nitrogen functional groups attached to an aromatic ring is 1. The number of nitriles is 2. The van der Waals surface area contributed by atoms with E-state index in [1.165, 1.54) is 18.2 Å². The van der Waals surface area contributed by atoms with Crippen LogP contribution in [0.2, 0.25) is 0 Å². The molecule has 3 N–H and O–H groups in total. The Labute approximate surface area is 182 Å². The molecule has 0 spiro atoms. The van der Waals surface area contributed by atoms with E-state index in [2.05, 4.69) is 4.98 Å². The van der Waals surface area contributed by atoms with Crippen molar-refractivity contribution in [2.45, 2.75) is 19.8 Å². The molecule has 2 heterocycles. The molecule has 1 saturated heterocycles. The van der Waals surface area contributed by atoms with Gasteiger partial charge >= 0.3 is 5.97 Å². The molecule has 0 radical (unpaired) electrons. The van der Waals surface area contributed by atoms with Crippen LogP contribution < -0.4 is 16.2 Å². The van der Waals surface area contributed by atoms with Gasteiger partial charge < -0.3 is 20.4 Å². The lowest BCUT2D eigenvalue weighted by Crippen LogP contribution is -2.37. The molecule has 0 amide bonds. The van der Waals surface area contributed by atoms with E-state index in [1.807, 2.05) is 6.07 Å². The lowest BCUT2D eigenvalue weighted by Gasteiger charge is -2.32. The Morgan fingerprint density at radius 2 is 1.97 bits per heavy atom. The molecule has 0 saturated carbocycles. The molecule has 0 atom stereocenters. The van der Waals surface area contributed by atoms with E-state index in [-0.39, 0.29) is 45.6 Å². The normalized spacial score (nSPS) is 13.8. The van der Waals surface area contributed by atoms with Crippen LogP contribution in [0.3, 0.4) is 0 Å². The van der Waals surface area contributed by atoms with Crippen LogP contribution in [-0.2, 0) is 9.53 Å². The standard InChI is InChI=1S/C21H20N6O5/c1-2-32-21(29)12-5-7-26(8-6-12)16-4-3-13(9-17(16)27(30)31)18-14(10-22)19(24)25-20(28)15(18)11-23/h3-4,9,12H,2,5-8H2,1H3,(H3,24,25,28). The van der Waals surface area contributed by atoms with E-state index in [4.69, 9.17) is 10.5 Å². The van der Waals surface area contributed by atoms with Crippen LogP contribution in [0.4, 0.5) is 17.2 Å². The first-order chi connectivity index (χ1) is 15.3. The summed E-state index contributed by atoms with van der Waals surface area (Å²) in [6, 6.07) is 7.83. The fraction of sp³-hybridized carbons (Fsp3) is 0.333. The minimum atomic E-state index is -0.785. The second-order valence-corrected chi connectivity index (χ2v) is 7.19. The lowest BCUT2D eigenvalue weighted by molar-refractivity contribution is -0.384. The summed E-state index contributed by atoms with van der Waals surface area (Å²) >= 11 is 0. The maximum absolute atomic E-state index is 12.2. The summed E-state index contributed by atoms with van der Waals surface area (Å²) in [6.07, 6.45) is 0.999. The first-order valence-electron chi connectivity index (χ1n) is 9.88. The predicted octanol–water partition coefficient (Wildman–Crippen LogP) is 2.06. The summed E-state index contributed by atoms with van der Waals surface area (Å²) in [5, 5.41) is 30.7. The number of carbonyl (C=O) groups excluding carboxylic acids is 1. The van der Waals surface area contributed by atoms with E-state index < -0.39 is 10.5 Å². The molecule has 3 rings (SSSR count). The Hall–Kier alpha value is -4.38. The van der Waals surface area contributed by atoms with Crippen molar-refractivity contribution < 1.29 is 14.5 Å². The number of piperidine rings is 1. The molecular weight excluding hydrogens is 416 g/mol. The van der Waals surface area contributed by atoms with Gasteiger partial charge in [0.25, 0.3) is 11.2 Å². The first-order valence-corrected chi connectivity index (χ1v) is 9.88. The van der Waals surface area contributed by atoms with E-state index >= 15 is 0 Å². The van der Waals surface area contributed by atoms with Crippen molar-refractivity contribution in [2.24, 2.45) is 5.92 Å². The molecule has 1 fully saturated rings. The molecule has 1 aliphatic heterocycles. The minimum absolute atomic E-state index is 0.0491. The van der Waals surface area contributed by atoms with Crippen LogP contribution >= 0.6 is 0 Å². The fourth-order valence-electron chi connectivity index (χ4n) is 3.84. The summed E-state index contributed by atoms with van der Waals surface area (Å²) in [7, 11) is 0. The zero-order chi connectivity index (χ0) is 23.4. The van der Waals surface area contributed by atoms with Gasteiger partial charge in [-0.2, -0.15) is 10.5 Å². The monoisotopic (exact) mass is 436 g/mol. The second-order valence-electron chi connectivity index (χ2n) is 7.19. The molecule has 11 nitrogen and oxygen atoms in total. The highest BCUT2D eigenvalue weighted by atomic mass is 16.6. The molecule has 0 bridgehead atoms. The van der Waals surface area contributed by atoms with Gasteiger partial charge in [-0.05, 0) is 31.4 Å². The molecule has 0 aliphatic carbocycles. The molecule has 1 aromatic heterocycles. The molecule has 2 aromatic rings. The number of nitrogens with zero attached hydrogens (tertiary/aromatic N) is 4. The highest BCUT2D eigenvalue weighted by molar-refractivity contribution is 5.83. The average Bonchev–Trinajstić information content (AvgIpc) is 2.78. The maximum Gasteiger partial charge on any atom is 0.309 e. The van der Waals surface area contributed by atoms with E-state index in [9.17, 15) is 30.2 Å². The number of carbonyl (C=O) groups is 1. The third kappa shape index (κ3) is 4.09. The predicted molar refractivity (Wildman–Crippen MR) is 115 cm³/mol. The molecular formula is C21H20N6O5. The number of anilines is 2. The smallest absolute Gasteiger partial charge is 0.309 e. The van der Waals surface area contributed by atoms with Crippen molar-refractivity contribution in [1.82, 2.24) is 4.98 Å². The van der Waals surface area contributed by atoms with E-state index in [0.29, 0.717) is 38.2 Å². The van der Waals surface area contributed by atoms with Crippen molar-refractivity contribution in [3.63, 3.8) is 0 Å². The van der Waals surface area contributed by atoms with Crippen molar-refractivity contribution in [3.05, 3.63) is 49.8 Å². The van der Waals surface area contributed by atoms with Crippen LogP contribution in [0.1, 0.15) is 30.9 Å². The number of hydrogen-bond donors (Lipinski definition) is 2. The van der Waals surface area contributed by atoms with Crippen molar-refractivity contribution in [1.29, 1.82) is 10.5 Å². The largest absolute Gasteiger partial charge is 0.466 e. The SMILES string of the molecule is CCOC(=O)C1CCN(c2ccc(-c3c(C#N)c(N)[nH]c(=O)c3C#N)cc2[N+](=O)[O-])CC1. The van der Waals surface area contributed by atoms with Crippen molar-refractivity contribution >= 4 is 23.2 Å². The third-order valence-electron chi connectivity index (χ3n) is 5.38. The zero-order valence-corrected chi connectivity index (χ0v) is 17.3. The number of rotatable bonds is 5. The van der Waals surface area contributed by atoms with E-state index in [0.717, 1.165) is 0 Å². The van der Waals surface area contributed by atoms with Crippen LogP contribution in [-0.4, -0.2) is 35.6 Å². The lowest BCUT2D eigenvalue weighted by atomic mass is 9.94. The number of pyridine rings is 1. The Morgan fingerprint density at radius 3 is 2.53 bits per heavy atom. The van der Waals surface area contributed by atoms with Gasteiger partial charge in [0.2, 0.25) is 0 Å². The number of benzene rings is 1. The maximum atomic E-state index is 12.2. The quantitative estimate of drug-likeness (QED) is 0.403. The number of aromatic nitrogens is 1. The fourth-order valence-corrected chi connectivity index (χ4v) is 3.84. The summed E-state index contributed by atoms with van der Waals surface area (Å²) in [4.78, 5) is 39.4. The summed E-state index contributed by atoms with van der Waals surface area (Å²) in [5.41, 5.74) is 4.66. The highest BCUT2D eigenvalue weighted by Crippen LogP contribution is 2.37. The first kappa shape index (κ1) is 22.3. The van der Waals surface area contributed by atoms with Gasteiger partial charge in [0.15, 0.2) is 0 Å². The van der Waals surface area contributed by atoms with Crippen LogP contribution in [0, 0.1) is 38.7 Å². The Morgan fingerprint density at radius 1 is 1.31 bits per heavy atom. The third-order valence-corrected chi connectivity index (χ3v) is 5.38. The van der Waals surface area contributed by atoms with Gasteiger partial charge in [-0.1, -0.05) is 6.07 Å². The number of aromatic amines is 1. The van der Waals surface area contributed by atoms with E-state index in [1.54, 1.807) is 17.9 Å². The Bertz CT molecular complexity index is 1210. The number of H-pyrrole nitrogens is 1. The number of hydrogen-bond acceptors (Lipinski definition) is 9. The number of nitro benzene ring substituents is 1. The van der Waals surface area contributed by atoms with Crippen molar-refractivity contribution in [2.75, 3.05) is 30.3 Å². The van der Waals surface area contributed by atoms with Gasteiger partial charge in [0.05, 0.1) is 17.4 Å². The van der Waals surface area contributed by atoms with Gasteiger partial charge in [0.1, 0.15) is 34.8 Å². The highest BCUT2D eigenvalue weighted by Gasteiger charge is 2.30. The molecule has 11 heteroatoms. The van der Waals surface area contributed by atoms with Crippen LogP contribution in [0.5, 0.6) is 0 Å². The number of nitro groups is 1. The van der Waals surface area contributed by atoms with Gasteiger partial charge in [-0.25, -0.2) is 0 Å². The van der Waals surface area contributed by atoms with Crippen LogP contribution in [0.25, 0.3) is 11.1 Å². The Kier molecular flexibility index (Phi) is 6.40. The average molecular weight is 436 g/mol. The molecule has 1 aliphatic rings. The van der Waals surface area contributed by atoms with Gasteiger partial charge in [-0.15, -0.1) is 0 Å². The zero-order valence-electron chi connectivity index (χ0n) is 17.3. The van der Waals surface area contributed by atoms with Crippen molar-refractivity contribution in [3.8, 4) is 23.3 Å². The molecule has 32 heavy (non-hydrogen) atoms. The molecule has 1 aromatic carbocycles. The number of nitrogens with two attached hydrogens (primary N) is 1.